The van der Waals surface area contributed by atoms with Crippen LogP contribution in [-0.2, 0) is 0 Å². The van der Waals surface area contributed by atoms with Gasteiger partial charge in [0.05, 0.1) is 0 Å². The van der Waals surface area contributed by atoms with Gasteiger partial charge in [-0.25, -0.2) is 0 Å². The molecular formula is C36H72N6. The molecule has 0 amide bonds. The number of piperidine rings is 2. The highest BCUT2D eigenvalue weighted by atomic mass is 15.3. The van der Waals surface area contributed by atoms with E-state index in [9.17, 15) is 0 Å². The van der Waals surface area contributed by atoms with E-state index < -0.39 is 0 Å². The fourth-order valence-electron chi connectivity index (χ4n) is 8.92. The van der Waals surface area contributed by atoms with Gasteiger partial charge in [-0.15, -0.1) is 0 Å². The number of piperazine rings is 2. The molecule has 4 heterocycles. The average molecular weight is 589 g/mol. The third-order valence-electron chi connectivity index (χ3n) is 12.1. The van der Waals surface area contributed by atoms with Crippen molar-refractivity contribution in [2.75, 3.05) is 65.4 Å². The molecule has 4 fully saturated rings. The van der Waals surface area contributed by atoms with Gasteiger partial charge in [0.2, 0.25) is 0 Å². The lowest BCUT2D eigenvalue weighted by molar-refractivity contribution is -0.00653. The number of likely N-dealkylation sites (tertiary alicyclic amines) is 2. The van der Waals surface area contributed by atoms with Crippen LogP contribution in [0.25, 0.3) is 0 Å². The maximum absolute atomic E-state index is 2.89. The second kappa shape index (κ2) is 15.9. The first-order valence-electron chi connectivity index (χ1n) is 18.4. The second-order valence-electron chi connectivity index (χ2n) is 16.2. The third-order valence-corrected chi connectivity index (χ3v) is 12.1. The molecule has 0 bridgehead atoms. The molecule has 0 N–H and O–H groups in total. The van der Waals surface area contributed by atoms with Crippen molar-refractivity contribution in [3.05, 3.63) is 0 Å². The standard InChI is InChI=1S/C36H72N6/c1-27(2)37-17-13-34(14-18-37)24-40-26-36(41(29(5)6)23-31(40)8)12-11-30(7)38-19-15-35(16-20-38)25-42-32(9)21-39(28(3)4)22-33(42)10/h27-36H,11-26H2,1-10H3/t30?,31-,32+,33+,36+/m1/s1. The molecule has 4 saturated heterocycles. The van der Waals surface area contributed by atoms with Gasteiger partial charge in [-0.2, -0.15) is 0 Å². The Kier molecular flexibility index (Phi) is 13.1. The predicted octanol–water partition coefficient (Wildman–Crippen LogP) is 5.57. The van der Waals surface area contributed by atoms with Gasteiger partial charge in [0.1, 0.15) is 0 Å². The quantitative estimate of drug-likeness (QED) is 0.312. The Balaban J connectivity index is 1.22. The molecule has 246 valence electrons. The Hall–Kier alpha value is -0.240. The minimum atomic E-state index is 0.645. The van der Waals surface area contributed by atoms with Gasteiger partial charge in [-0.1, -0.05) is 0 Å². The summed E-state index contributed by atoms with van der Waals surface area (Å²) >= 11 is 0. The summed E-state index contributed by atoms with van der Waals surface area (Å²) in [6, 6.07) is 5.49. The van der Waals surface area contributed by atoms with E-state index >= 15 is 0 Å². The molecular weight excluding hydrogens is 516 g/mol. The second-order valence-corrected chi connectivity index (χ2v) is 16.2. The van der Waals surface area contributed by atoms with E-state index in [4.69, 9.17) is 0 Å². The van der Waals surface area contributed by atoms with Crippen LogP contribution in [0.3, 0.4) is 0 Å². The lowest BCUT2D eigenvalue weighted by atomic mass is 9.91. The molecule has 4 aliphatic heterocycles. The molecule has 0 saturated carbocycles. The lowest BCUT2D eigenvalue weighted by Crippen LogP contribution is -2.60. The van der Waals surface area contributed by atoms with Crippen molar-refractivity contribution >= 4 is 0 Å². The van der Waals surface area contributed by atoms with E-state index in [-0.39, 0.29) is 0 Å². The minimum absolute atomic E-state index is 0.645. The van der Waals surface area contributed by atoms with Crippen LogP contribution in [0.1, 0.15) is 108 Å². The van der Waals surface area contributed by atoms with Gasteiger partial charge in [-0.05, 0) is 146 Å². The van der Waals surface area contributed by atoms with Gasteiger partial charge in [-0.3, -0.25) is 19.6 Å². The Morgan fingerprint density at radius 1 is 0.548 bits per heavy atom. The molecule has 5 atom stereocenters. The van der Waals surface area contributed by atoms with Crippen LogP contribution in [0.5, 0.6) is 0 Å². The van der Waals surface area contributed by atoms with E-state index in [0.29, 0.717) is 48.3 Å². The predicted molar refractivity (Wildman–Crippen MR) is 181 cm³/mol. The van der Waals surface area contributed by atoms with Crippen LogP contribution in [0, 0.1) is 11.8 Å². The van der Waals surface area contributed by atoms with Crippen LogP contribution in [0.15, 0.2) is 0 Å². The lowest BCUT2D eigenvalue weighted by Gasteiger charge is -2.49. The fraction of sp³-hybridized carbons (Fsp3) is 1.00. The highest BCUT2D eigenvalue weighted by molar-refractivity contribution is 4.92. The summed E-state index contributed by atoms with van der Waals surface area (Å²) in [5, 5.41) is 0. The van der Waals surface area contributed by atoms with Crippen LogP contribution < -0.4 is 0 Å². The van der Waals surface area contributed by atoms with Gasteiger partial charge in [0.25, 0.3) is 0 Å². The zero-order valence-electron chi connectivity index (χ0n) is 29.8. The molecule has 0 aromatic rings. The number of nitrogens with zero attached hydrogens (tertiary/aromatic N) is 6. The van der Waals surface area contributed by atoms with Crippen molar-refractivity contribution in [3.8, 4) is 0 Å². The van der Waals surface area contributed by atoms with Crippen molar-refractivity contribution in [1.82, 2.24) is 29.4 Å². The molecule has 42 heavy (non-hydrogen) atoms. The number of hydrogen-bond acceptors (Lipinski definition) is 6. The SMILES string of the molecule is CC(C)N1CCC(CN2C[C@H](CCC(C)N3CCC(CN4[C@@H](C)CN(C(C)C)C[C@@H]4C)CC3)N(C(C)C)C[C@H]2C)CC1. The summed E-state index contributed by atoms with van der Waals surface area (Å²) in [5.41, 5.74) is 0. The highest BCUT2D eigenvalue weighted by Crippen LogP contribution is 2.29. The largest absolute Gasteiger partial charge is 0.301 e. The van der Waals surface area contributed by atoms with Crippen LogP contribution in [0.4, 0.5) is 0 Å². The van der Waals surface area contributed by atoms with E-state index in [1.54, 1.807) is 0 Å². The molecule has 6 heteroatoms. The maximum Gasteiger partial charge on any atom is 0.0227 e. The molecule has 6 nitrogen and oxygen atoms in total. The number of rotatable bonds is 11. The molecule has 1 unspecified atom stereocenters. The Bertz CT molecular complexity index is 759. The van der Waals surface area contributed by atoms with E-state index in [1.807, 2.05) is 0 Å². The van der Waals surface area contributed by atoms with Crippen LogP contribution >= 0.6 is 0 Å². The van der Waals surface area contributed by atoms with Gasteiger partial charge in [0, 0.05) is 87.6 Å². The van der Waals surface area contributed by atoms with Crippen molar-refractivity contribution in [3.63, 3.8) is 0 Å². The molecule has 0 aliphatic carbocycles. The molecule has 4 aliphatic rings. The highest BCUT2D eigenvalue weighted by Gasteiger charge is 2.36. The normalized spacial score (nSPS) is 32.5. The minimum Gasteiger partial charge on any atom is -0.301 e. The molecule has 0 aromatic heterocycles. The van der Waals surface area contributed by atoms with Crippen molar-refractivity contribution in [2.24, 2.45) is 11.8 Å². The third kappa shape index (κ3) is 9.16. The summed E-state index contributed by atoms with van der Waals surface area (Å²) in [6.07, 6.45) is 8.24. The van der Waals surface area contributed by atoms with Gasteiger partial charge in [0.15, 0.2) is 0 Å². The van der Waals surface area contributed by atoms with Crippen molar-refractivity contribution < 1.29 is 0 Å². The van der Waals surface area contributed by atoms with E-state index in [1.165, 1.54) is 104 Å². The van der Waals surface area contributed by atoms with Crippen LogP contribution in [0.2, 0.25) is 0 Å². The Morgan fingerprint density at radius 3 is 1.60 bits per heavy atom. The summed E-state index contributed by atoms with van der Waals surface area (Å²) in [6.45, 7) is 37.1. The zero-order valence-corrected chi connectivity index (χ0v) is 29.8. The maximum atomic E-state index is 2.89. The molecule has 0 aromatic carbocycles. The first-order chi connectivity index (χ1) is 19.9. The smallest absolute Gasteiger partial charge is 0.0227 e. The molecule has 4 rings (SSSR count). The fourth-order valence-corrected chi connectivity index (χ4v) is 8.92. The average Bonchev–Trinajstić information content (AvgIpc) is 2.95. The first-order valence-corrected chi connectivity index (χ1v) is 18.4. The summed E-state index contributed by atoms with van der Waals surface area (Å²) in [5.74, 6) is 1.76. The zero-order chi connectivity index (χ0) is 30.6. The Morgan fingerprint density at radius 2 is 1.07 bits per heavy atom. The van der Waals surface area contributed by atoms with E-state index in [2.05, 4.69) is 98.6 Å². The van der Waals surface area contributed by atoms with Crippen LogP contribution in [-0.4, -0.2) is 143 Å². The molecule has 0 radical (unpaired) electrons. The topological polar surface area (TPSA) is 19.4 Å². The van der Waals surface area contributed by atoms with Gasteiger partial charge < -0.3 is 9.80 Å². The van der Waals surface area contributed by atoms with Gasteiger partial charge >= 0.3 is 0 Å². The van der Waals surface area contributed by atoms with E-state index in [0.717, 1.165) is 11.8 Å². The number of hydrogen-bond donors (Lipinski definition) is 0. The van der Waals surface area contributed by atoms with Crippen molar-refractivity contribution in [2.45, 2.75) is 156 Å². The van der Waals surface area contributed by atoms with Crippen molar-refractivity contribution in [1.29, 1.82) is 0 Å². The Labute approximate surface area is 262 Å². The summed E-state index contributed by atoms with van der Waals surface area (Å²) in [4.78, 5) is 16.8. The monoisotopic (exact) mass is 589 g/mol. The molecule has 0 spiro atoms. The first kappa shape index (κ1) is 34.6. The summed E-state index contributed by atoms with van der Waals surface area (Å²) in [7, 11) is 0. The summed E-state index contributed by atoms with van der Waals surface area (Å²) < 4.78 is 0.